The molecule has 10 heteroatoms. The number of rotatable bonds is 2. The van der Waals surface area contributed by atoms with Gasteiger partial charge in [0, 0.05) is 0 Å². The lowest BCUT2D eigenvalue weighted by Gasteiger charge is -2.14. The normalized spacial score (nSPS) is 11.7. The van der Waals surface area contributed by atoms with Crippen LogP contribution in [0.4, 0.5) is 36.8 Å². The predicted molar refractivity (Wildman–Crippen MR) is 57.2 cm³/mol. The average Bonchev–Trinajstić information content (AvgIpc) is 2.35. The molecule has 0 bridgehead atoms. The van der Waals surface area contributed by atoms with Gasteiger partial charge >= 0.3 is 18.4 Å². The average molecular weight is 312 g/mol. The Hall–Kier alpha value is -2.44. The van der Waals surface area contributed by atoms with Gasteiger partial charge in [-0.1, -0.05) is 0 Å². The van der Waals surface area contributed by atoms with Crippen LogP contribution >= 0.6 is 0 Å². The van der Waals surface area contributed by atoms with Gasteiger partial charge < -0.3 is 4.74 Å². The summed E-state index contributed by atoms with van der Waals surface area (Å²) >= 11 is 0. The Morgan fingerprint density at radius 3 is 2.33 bits per heavy atom. The third-order valence-electron chi connectivity index (χ3n) is 2.06. The molecule has 114 valence electrons. The second-order valence-corrected chi connectivity index (χ2v) is 3.69. The van der Waals surface area contributed by atoms with E-state index in [1.165, 1.54) is 6.07 Å². The molecular weight excluding hydrogens is 306 g/mol. The number of anilines is 1. The summed E-state index contributed by atoms with van der Waals surface area (Å²) < 4.78 is 77.3. The zero-order valence-corrected chi connectivity index (χ0v) is 9.97. The van der Waals surface area contributed by atoms with E-state index in [4.69, 9.17) is 5.26 Å². The summed E-state index contributed by atoms with van der Waals surface area (Å²) in [5.41, 5.74) is -2.50. The maximum atomic E-state index is 12.7. The highest BCUT2D eigenvalue weighted by atomic mass is 19.4. The Bertz CT molecular complexity index is 574. The molecule has 1 amide bonds. The number of amides is 1. The van der Waals surface area contributed by atoms with Crippen molar-refractivity contribution in [2.24, 2.45) is 0 Å². The summed E-state index contributed by atoms with van der Waals surface area (Å²) in [6.45, 7) is -1.93. The van der Waals surface area contributed by atoms with Gasteiger partial charge in [0.1, 0.15) is 0 Å². The molecule has 0 aliphatic carbocycles. The Balaban J connectivity index is 2.93. The second-order valence-electron chi connectivity index (χ2n) is 3.69. The van der Waals surface area contributed by atoms with Gasteiger partial charge in [0.2, 0.25) is 0 Å². The number of alkyl halides is 6. The summed E-state index contributed by atoms with van der Waals surface area (Å²) in [6, 6.07) is 3.64. The molecule has 0 saturated heterocycles. The Morgan fingerprint density at radius 2 is 1.86 bits per heavy atom. The van der Waals surface area contributed by atoms with Crippen LogP contribution < -0.4 is 5.32 Å². The molecule has 1 aromatic carbocycles. The van der Waals surface area contributed by atoms with Crippen molar-refractivity contribution in [1.82, 2.24) is 0 Å². The fourth-order valence-corrected chi connectivity index (χ4v) is 1.25. The highest BCUT2D eigenvalue weighted by Crippen LogP contribution is 2.35. The summed E-state index contributed by atoms with van der Waals surface area (Å²) in [5, 5.41) is 10.1. The smallest absolute Gasteiger partial charge is 0.422 e. The zero-order valence-electron chi connectivity index (χ0n) is 9.97. The number of carbonyl (C=O) groups excluding carboxylic acids is 1. The molecule has 0 aliphatic rings. The van der Waals surface area contributed by atoms with Gasteiger partial charge in [-0.3, -0.25) is 5.32 Å². The van der Waals surface area contributed by atoms with Crippen LogP contribution in [0.3, 0.4) is 0 Å². The molecule has 0 aromatic heterocycles. The largest absolute Gasteiger partial charge is 0.440 e. The van der Waals surface area contributed by atoms with Gasteiger partial charge in [0.05, 0.1) is 22.9 Å². The van der Waals surface area contributed by atoms with E-state index in [9.17, 15) is 31.1 Å². The SMILES string of the molecule is N#Cc1ccc(NC(=O)OCC(F)(F)F)c(C(F)(F)F)c1. The molecule has 0 atom stereocenters. The maximum absolute atomic E-state index is 12.7. The van der Waals surface area contributed by atoms with Crippen molar-refractivity contribution in [2.45, 2.75) is 12.4 Å². The number of halogens is 6. The molecule has 0 fully saturated rings. The third-order valence-corrected chi connectivity index (χ3v) is 2.06. The van der Waals surface area contributed by atoms with Crippen molar-refractivity contribution in [3.05, 3.63) is 29.3 Å². The minimum atomic E-state index is -4.90. The van der Waals surface area contributed by atoms with Crippen LogP contribution in [0.2, 0.25) is 0 Å². The van der Waals surface area contributed by atoms with Crippen LogP contribution in [0.1, 0.15) is 11.1 Å². The number of benzene rings is 1. The minimum absolute atomic E-state index is 0.323. The second kappa shape index (κ2) is 5.90. The van der Waals surface area contributed by atoms with Gasteiger partial charge in [-0.05, 0) is 18.2 Å². The first-order valence-corrected chi connectivity index (χ1v) is 5.15. The van der Waals surface area contributed by atoms with Crippen LogP contribution in [0, 0.1) is 11.3 Å². The van der Waals surface area contributed by atoms with Crippen molar-refractivity contribution in [3.8, 4) is 6.07 Å². The molecule has 0 spiro atoms. The summed E-state index contributed by atoms with van der Waals surface area (Å²) in [7, 11) is 0. The number of hydrogen-bond donors (Lipinski definition) is 1. The highest BCUT2D eigenvalue weighted by molar-refractivity contribution is 5.86. The van der Waals surface area contributed by atoms with Crippen LogP contribution in [-0.2, 0) is 10.9 Å². The fourth-order valence-electron chi connectivity index (χ4n) is 1.25. The van der Waals surface area contributed by atoms with Crippen LogP contribution in [0.5, 0.6) is 0 Å². The van der Waals surface area contributed by atoms with Crippen LogP contribution in [0.15, 0.2) is 18.2 Å². The third kappa shape index (κ3) is 5.21. The number of hydrogen-bond acceptors (Lipinski definition) is 3. The lowest BCUT2D eigenvalue weighted by atomic mass is 10.1. The zero-order chi connectivity index (χ0) is 16.3. The van der Waals surface area contributed by atoms with Gasteiger partial charge in [-0.15, -0.1) is 0 Å². The number of nitriles is 1. The summed E-state index contributed by atoms with van der Waals surface area (Å²) in [4.78, 5) is 11.0. The van der Waals surface area contributed by atoms with Crippen molar-refractivity contribution in [1.29, 1.82) is 5.26 Å². The van der Waals surface area contributed by atoms with E-state index in [2.05, 4.69) is 4.74 Å². The van der Waals surface area contributed by atoms with Crippen molar-refractivity contribution < 1.29 is 35.9 Å². The van der Waals surface area contributed by atoms with E-state index in [0.29, 0.717) is 6.07 Å². The quantitative estimate of drug-likeness (QED) is 0.847. The van der Waals surface area contributed by atoms with Crippen molar-refractivity contribution >= 4 is 11.8 Å². The maximum Gasteiger partial charge on any atom is 0.422 e. The van der Waals surface area contributed by atoms with E-state index < -0.39 is 36.3 Å². The molecule has 0 radical (unpaired) electrons. The van der Waals surface area contributed by atoms with Crippen molar-refractivity contribution in [2.75, 3.05) is 11.9 Å². The Morgan fingerprint density at radius 1 is 1.24 bits per heavy atom. The topological polar surface area (TPSA) is 62.1 Å². The molecule has 0 saturated carbocycles. The Labute approximate surface area is 113 Å². The highest BCUT2D eigenvalue weighted by Gasteiger charge is 2.35. The van der Waals surface area contributed by atoms with Gasteiger partial charge in [0.25, 0.3) is 0 Å². The number of carbonyl (C=O) groups is 1. The molecule has 4 nitrogen and oxygen atoms in total. The first kappa shape index (κ1) is 16.6. The Kier molecular flexibility index (Phi) is 4.67. The molecule has 0 unspecified atom stereocenters. The van der Waals surface area contributed by atoms with E-state index >= 15 is 0 Å². The molecule has 1 aromatic rings. The molecule has 0 heterocycles. The monoisotopic (exact) mass is 312 g/mol. The van der Waals surface area contributed by atoms with Crippen LogP contribution in [0.25, 0.3) is 0 Å². The number of nitrogens with zero attached hydrogens (tertiary/aromatic N) is 1. The van der Waals surface area contributed by atoms with E-state index in [-0.39, 0.29) is 5.56 Å². The van der Waals surface area contributed by atoms with Gasteiger partial charge in [-0.2, -0.15) is 31.6 Å². The molecule has 1 N–H and O–H groups in total. The first-order chi connectivity index (χ1) is 9.53. The minimum Gasteiger partial charge on any atom is -0.440 e. The molecular formula is C11H6F6N2O2. The van der Waals surface area contributed by atoms with Crippen molar-refractivity contribution in [3.63, 3.8) is 0 Å². The lowest BCUT2D eigenvalue weighted by Crippen LogP contribution is -2.24. The molecule has 21 heavy (non-hydrogen) atoms. The number of nitrogens with one attached hydrogen (secondary N) is 1. The summed E-state index contributed by atoms with van der Waals surface area (Å²) in [5.74, 6) is 0. The molecule has 1 rings (SSSR count). The number of ether oxygens (including phenoxy) is 1. The predicted octanol–water partition coefficient (Wildman–Crippen LogP) is 3.69. The standard InChI is InChI=1S/C11H6F6N2O2/c12-10(13,14)5-21-9(20)19-8-2-1-6(4-18)3-7(8)11(15,16)17/h1-3H,5H2,(H,19,20). The van der Waals surface area contributed by atoms with E-state index in [1.807, 2.05) is 0 Å². The van der Waals surface area contributed by atoms with Gasteiger partial charge in [0.15, 0.2) is 6.61 Å². The lowest BCUT2D eigenvalue weighted by molar-refractivity contribution is -0.159. The first-order valence-electron chi connectivity index (χ1n) is 5.15. The fraction of sp³-hybridized carbons (Fsp3) is 0.273. The molecule has 0 aliphatic heterocycles. The summed E-state index contributed by atoms with van der Waals surface area (Å²) in [6.07, 6.45) is -11.4. The van der Waals surface area contributed by atoms with E-state index in [0.717, 1.165) is 12.1 Å². The van der Waals surface area contributed by atoms with Gasteiger partial charge in [-0.25, -0.2) is 4.79 Å². The van der Waals surface area contributed by atoms with E-state index in [1.54, 1.807) is 5.32 Å². The van der Waals surface area contributed by atoms with Crippen LogP contribution in [-0.4, -0.2) is 18.9 Å².